The molecule has 2 aromatic rings. The number of alkyl halides is 3. The highest BCUT2D eigenvalue weighted by atomic mass is 19.4. The molecule has 0 aromatic heterocycles. The lowest BCUT2D eigenvalue weighted by atomic mass is 9.84. The Bertz CT molecular complexity index is 1040. The first-order valence-corrected chi connectivity index (χ1v) is 8.97. The molecule has 0 unspecified atom stereocenters. The SMILES string of the molecule is COC(=O)[C@@H]1Cc2cc(O)c(O)cc2[C@H](Cc2ccc(O)c(O)c2)N1C(=O)C(F)(F)F. The molecule has 0 aliphatic carbocycles. The molecule has 1 aliphatic rings. The Morgan fingerprint density at radius 1 is 1.03 bits per heavy atom. The summed E-state index contributed by atoms with van der Waals surface area (Å²) in [6.07, 6.45) is -5.99. The van der Waals surface area contributed by atoms with E-state index in [2.05, 4.69) is 4.74 Å². The molecule has 2 atom stereocenters. The largest absolute Gasteiger partial charge is 0.504 e. The van der Waals surface area contributed by atoms with Gasteiger partial charge < -0.3 is 30.1 Å². The van der Waals surface area contributed by atoms with E-state index in [9.17, 15) is 43.2 Å². The number of hydrogen-bond acceptors (Lipinski definition) is 7. The van der Waals surface area contributed by atoms with Crippen LogP contribution >= 0.6 is 0 Å². The Balaban J connectivity index is 2.20. The predicted octanol–water partition coefficient (Wildman–Crippen LogP) is 2.28. The van der Waals surface area contributed by atoms with Gasteiger partial charge in [-0.15, -0.1) is 0 Å². The molecule has 1 heterocycles. The first-order chi connectivity index (χ1) is 14.4. The smallest absolute Gasteiger partial charge is 0.471 e. The number of benzene rings is 2. The van der Waals surface area contributed by atoms with Crippen LogP contribution in [-0.4, -0.2) is 56.5 Å². The van der Waals surface area contributed by atoms with Crippen LogP contribution in [0.3, 0.4) is 0 Å². The molecule has 3 rings (SSSR count). The van der Waals surface area contributed by atoms with E-state index >= 15 is 0 Å². The highest BCUT2D eigenvalue weighted by Gasteiger charge is 2.51. The van der Waals surface area contributed by atoms with Crippen LogP contribution < -0.4 is 0 Å². The van der Waals surface area contributed by atoms with Gasteiger partial charge in [0.05, 0.1) is 13.2 Å². The zero-order chi connectivity index (χ0) is 23.1. The minimum Gasteiger partial charge on any atom is -0.504 e. The van der Waals surface area contributed by atoms with Crippen molar-refractivity contribution >= 4 is 11.9 Å². The number of methoxy groups -OCH3 is 1. The van der Waals surface area contributed by atoms with Gasteiger partial charge in [-0.05, 0) is 47.4 Å². The number of halogens is 3. The Hall–Kier alpha value is -3.63. The lowest BCUT2D eigenvalue weighted by molar-refractivity contribution is -0.194. The summed E-state index contributed by atoms with van der Waals surface area (Å²) in [4.78, 5) is 25.0. The fraction of sp³-hybridized carbons (Fsp3) is 0.300. The van der Waals surface area contributed by atoms with Crippen LogP contribution in [0.25, 0.3) is 0 Å². The van der Waals surface area contributed by atoms with Crippen LogP contribution in [0.5, 0.6) is 23.0 Å². The van der Waals surface area contributed by atoms with Crippen molar-refractivity contribution in [1.29, 1.82) is 0 Å². The van der Waals surface area contributed by atoms with Gasteiger partial charge in [0.15, 0.2) is 23.0 Å². The number of nitrogens with zero attached hydrogens (tertiary/aromatic N) is 1. The summed E-state index contributed by atoms with van der Waals surface area (Å²) in [6.45, 7) is 0. The molecular weight excluding hydrogens is 423 g/mol. The maximum Gasteiger partial charge on any atom is 0.471 e. The van der Waals surface area contributed by atoms with Gasteiger partial charge in [0.2, 0.25) is 0 Å². The van der Waals surface area contributed by atoms with E-state index in [1.54, 1.807) is 0 Å². The molecule has 1 aliphatic heterocycles. The monoisotopic (exact) mass is 441 g/mol. The molecule has 0 saturated heterocycles. The number of carbonyl (C=O) groups excluding carboxylic acids is 2. The van der Waals surface area contributed by atoms with Crippen molar-refractivity contribution in [2.24, 2.45) is 0 Å². The van der Waals surface area contributed by atoms with Crippen LogP contribution in [0.15, 0.2) is 30.3 Å². The molecule has 11 heteroatoms. The second kappa shape index (κ2) is 7.89. The summed E-state index contributed by atoms with van der Waals surface area (Å²) < 4.78 is 44.9. The van der Waals surface area contributed by atoms with Crippen molar-refractivity contribution in [3.8, 4) is 23.0 Å². The molecule has 0 spiro atoms. The molecule has 8 nitrogen and oxygen atoms in total. The Labute approximate surface area is 173 Å². The van der Waals surface area contributed by atoms with Crippen LogP contribution in [0.2, 0.25) is 0 Å². The van der Waals surface area contributed by atoms with Gasteiger partial charge >= 0.3 is 18.1 Å². The van der Waals surface area contributed by atoms with Gasteiger partial charge in [0, 0.05) is 6.42 Å². The molecule has 31 heavy (non-hydrogen) atoms. The van der Waals surface area contributed by atoms with Crippen molar-refractivity contribution in [1.82, 2.24) is 4.90 Å². The summed E-state index contributed by atoms with van der Waals surface area (Å²) >= 11 is 0. The maximum absolute atomic E-state index is 13.4. The number of ether oxygens (including phenoxy) is 1. The van der Waals surface area contributed by atoms with Crippen LogP contribution in [0, 0.1) is 0 Å². The number of fused-ring (bicyclic) bond motifs is 1. The van der Waals surface area contributed by atoms with Crippen molar-refractivity contribution < 1.29 is 47.9 Å². The van der Waals surface area contributed by atoms with Crippen LogP contribution in [0.1, 0.15) is 22.7 Å². The third-order valence-electron chi connectivity index (χ3n) is 5.10. The number of rotatable bonds is 3. The van der Waals surface area contributed by atoms with E-state index in [0.29, 0.717) is 4.90 Å². The van der Waals surface area contributed by atoms with Crippen molar-refractivity contribution in [3.63, 3.8) is 0 Å². The van der Waals surface area contributed by atoms with Crippen molar-refractivity contribution in [2.75, 3.05) is 7.11 Å². The topological polar surface area (TPSA) is 128 Å². The molecule has 1 amide bonds. The molecule has 0 bridgehead atoms. The number of phenolic OH excluding ortho intramolecular Hbond substituents is 4. The summed E-state index contributed by atoms with van der Waals surface area (Å²) in [7, 11) is 0.968. The Kier molecular flexibility index (Phi) is 5.62. The summed E-state index contributed by atoms with van der Waals surface area (Å²) in [6, 6.07) is 2.64. The van der Waals surface area contributed by atoms with Gasteiger partial charge in [-0.1, -0.05) is 6.07 Å². The molecule has 4 N–H and O–H groups in total. The molecule has 0 radical (unpaired) electrons. The minimum atomic E-state index is -5.31. The van der Waals surface area contributed by atoms with E-state index in [-0.39, 0.29) is 29.5 Å². The number of carbonyl (C=O) groups is 2. The summed E-state index contributed by atoms with van der Waals surface area (Å²) in [5.74, 6) is -5.51. The van der Waals surface area contributed by atoms with E-state index in [4.69, 9.17) is 0 Å². The second-order valence-corrected chi connectivity index (χ2v) is 7.04. The normalized spacial score (nSPS) is 18.4. The first kappa shape index (κ1) is 22.1. The van der Waals surface area contributed by atoms with E-state index < -0.39 is 53.1 Å². The maximum atomic E-state index is 13.4. The van der Waals surface area contributed by atoms with Gasteiger partial charge in [-0.2, -0.15) is 13.2 Å². The standard InChI is InChI=1S/C20H18F3NO7/c1-31-18(29)13-6-10-7-16(27)17(28)8-11(10)12(24(13)19(30)20(21,22)23)4-9-2-3-14(25)15(26)5-9/h2-3,5,7-8,12-13,25-28H,4,6H2,1H3/t12-,13-/m0/s1. The quantitative estimate of drug-likeness (QED) is 0.425. The molecule has 0 saturated carbocycles. The van der Waals surface area contributed by atoms with E-state index in [1.165, 1.54) is 6.07 Å². The highest BCUT2D eigenvalue weighted by molar-refractivity contribution is 5.89. The minimum absolute atomic E-state index is 0.0839. The average Bonchev–Trinajstić information content (AvgIpc) is 2.70. The molecule has 166 valence electrons. The van der Waals surface area contributed by atoms with E-state index in [0.717, 1.165) is 31.4 Å². The van der Waals surface area contributed by atoms with Crippen LogP contribution in [-0.2, 0) is 27.2 Å². The molecular formula is C20H18F3NO7. The fourth-order valence-corrected chi connectivity index (χ4v) is 3.69. The predicted molar refractivity (Wildman–Crippen MR) is 98.4 cm³/mol. The number of phenols is 4. The van der Waals surface area contributed by atoms with Gasteiger partial charge in [-0.25, -0.2) is 4.79 Å². The van der Waals surface area contributed by atoms with Gasteiger partial charge in [0.25, 0.3) is 0 Å². The lowest BCUT2D eigenvalue weighted by Crippen LogP contribution is -2.55. The van der Waals surface area contributed by atoms with Crippen molar-refractivity contribution in [2.45, 2.75) is 31.1 Å². The third-order valence-corrected chi connectivity index (χ3v) is 5.10. The number of esters is 1. The average molecular weight is 441 g/mol. The number of aromatic hydroxyl groups is 4. The van der Waals surface area contributed by atoms with E-state index in [1.807, 2.05) is 0 Å². The summed E-state index contributed by atoms with van der Waals surface area (Å²) in [5, 5.41) is 38.9. The lowest BCUT2D eigenvalue weighted by Gasteiger charge is -2.42. The first-order valence-electron chi connectivity index (χ1n) is 8.97. The van der Waals surface area contributed by atoms with Crippen LogP contribution in [0.4, 0.5) is 13.2 Å². The third kappa shape index (κ3) is 4.16. The fourth-order valence-electron chi connectivity index (χ4n) is 3.69. The van der Waals surface area contributed by atoms with Crippen molar-refractivity contribution in [3.05, 3.63) is 47.0 Å². The summed E-state index contributed by atoms with van der Waals surface area (Å²) in [5.41, 5.74) is 0.565. The Morgan fingerprint density at radius 3 is 2.23 bits per heavy atom. The zero-order valence-electron chi connectivity index (χ0n) is 16.1. The molecule has 0 fully saturated rings. The van der Waals surface area contributed by atoms with Gasteiger partial charge in [0.1, 0.15) is 6.04 Å². The van der Waals surface area contributed by atoms with Gasteiger partial charge in [-0.3, -0.25) is 4.79 Å². The zero-order valence-corrected chi connectivity index (χ0v) is 16.1. The number of amides is 1. The Morgan fingerprint density at radius 2 is 1.65 bits per heavy atom. The highest BCUT2D eigenvalue weighted by Crippen LogP contribution is 2.43. The second-order valence-electron chi connectivity index (χ2n) is 7.04. The number of hydrogen-bond donors (Lipinski definition) is 4. The molecule has 2 aromatic carbocycles.